The number of imidazole rings is 1. The van der Waals surface area contributed by atoms with Gasteiger partial charge in [-0.1, -0.05) is 30.3 Å². The molecule has 0 aliphatic rings. The fraction of sp³-hybridized carbons (Fsp3) is 0. The Morgan fingerprint density at radius 2 is 1.70 bits per heavy atom. The van der Waals surface area contributed by atoms with Gasteiger partial charge in [-0.15, -0.1) is 0 Å². The van der Waals surface area contributed by atoms with E-state index < -0.39 is 0 Å². The standard InChI is InChI=1S/C21H15N5O/c27-20-17-8-4-5-9-18(17)24-21(26(20)16-6-2-1-3-7-16)23-15-10-12-25-13-11-22-19(25)14-15/h1-14H,(H,23,24). The van der Waals surface area contributed by atoms with Gasteiger partial charge < -0.3 is 9.72 Å². The van der Waals surface area contributed by atoms with Crippen LogP contribution in [-0.2, 0) is 0 Å². The average Bonchev–Trinajstić information content (AvgIpc) is 3.17. The molecular weight excluding hydrogens is 338 g/mol. The first-order valence-electron chi connectivity index (χ1n) is 8.56. The maximum Gasteiger partial charge on any atom is 0.267 e. The van der Waals surface area contributed by atoms with Crippen LogP contribution < -0.4 is 10.9 Å². The number of hydrogen-bond donors (Lipinski definition) is 1. The van der Waals surface area contributed by atoms with Crippen molar-refractivity contribution in [3.05, 3.63) is 95.7 Å². The second kappa shape index (κ2) is 6.10. The SMILES string of the molecule is O=c1c2ccccc2nc(Nc2ccn3ccnc3c2)n1-c1ccccc1. The molecule has 0 spiro atoms. The minimum absolute atomic E-state index is 0.115. The molecule has 1 N–H and O–H groups in total. The fourth-order valence-corrected chi connectivity index (χ4v) is 3.15. The molecule has 6 heteroatoms. The fourth-order valence-electron chi connectivity index (χ4n) is 3.15. The molecule has 0 unspecified atom stereocenters. The lowest BCUT2D eigenvalue weighted by Crippen LogP contribution is -2.22. The first-order valence-corrected chi connectivity index (χ1v) is 8.56. The zero-order chi connectivity index (χ0) is 18.2. The molecule has 0 atom stereocenters. The highest BCUT2D eigenvalue weighted by molar-refractivity contribution is 5.80. The Labute approximate surface area is 154 Å². The number of benzene rings is 2. The molecule has 2 aromatic carbocycles. The molecule has 130 valence electrons. The lowest BCUT2D eigenvalue weighted by atomic mass is 10.2. The molecule has 0 bridgehead atoms. The second-order valence-electron chi connectivity index (χ2n) is 6.16. The van der Waals surface area contributed by atoms with Crippen molar-refractivity contribution in [1.82, 2.24) is 18.9 Å². The van der Waals surface area contributed by atoms with E-state index in [9.17, 15) is 4.79 Å². The lowest BCUT2D eigenvalue weighted by molar-refractivity contribution is 0.974. The molecule has 5 rings (SSSR count). The number of fused-ring (bicyclic) bond motifs is 2. The number of hydrogen-bond acceptors (Lipinski definition) is 4. The van der Waals surface area contributed by atoms with E-state index >= 15 is 0 Å². The topological polar surface area (TPSA) is 64.2 Å². The van der Waals surface area contributed by atoms with Crippen molar-refractivity contribution < 1.29 is 0 Å². The molecule has 3 aromatic heterocycles. The van der Waals surface area contributed by atoms with Crippen molar-refractivity contribution in [2.45, 2.75) is 0 Å². The molecule has 5 aromatic rings. The molecule has 0 amide bonds. The van der Waals surface area contributed by atoms with Gasteiger partial charge in [0.2, 0.25) is 5.95 Å². The average molecular weight is 353 g/mol. The van der Waals surface area contributed by atoms with Gasteiger partial charge in [0.15, 0.2) is 0 Å². The Hall–Kier alpha value is -3.93. The Morgan fingerprint density at radius 1 is 0.889 bits per heavy atom. The van der Waals surface area contributed by atoms with Crippen LogP contribution in [0.15, 0.2) is 90.1 Å². The van der Waals surface area contributed by atoms with E-state index in [4.69, 9.17) is 4.98 Å². The summed E-state index contributed by atoms with van der Waals surface area (Å²) >= 11 is 0. The summed E-state index contributed by atoms with van der Waals surface area (Å²) in [6.07, 6.45) is 5.54. The molecule has 6 nitrogen and oxygen atoms in total. The summed E-state index contributed by atoms with van der Waals surface area (Å²) in [6.45, 7) is 0. The number of rotatable bonds is 3. The van der Waals surface area contributed by atoms with Crippen molar-refractivity contribution in [2.75, 3.05) is 5.32 Å². The molecule has 0 fully saturated rings. The second-order valence-corrected chi connectivity index (χ2v) is 6.16. The quantitative estimate of drug-likeness (QED) is 0.536. The van der Waals surface area contributed by atoms with Crippen LogP contribution in [0.5, 0.6) is 0 Å². The van der Waals surface area contributed by atoms with E-state index in [1.807, 2.05) is 77.5 Å². The number of nitrogens with zero attached hydrogens (tertiary/aromatic N) is 4. The van der Waals surface area contributed by atoms with Gasteiger partial charge >= 0.3 is 0 Å². The zero-order valence-electron chi connectivity index (χ0n) is 14.3. The van der Waals surface area contributed by atoms with Crippen molar-refractivity contribution >= 4 is 28.2 Å². The van der Waals surface area contributed by atoms with Crippen molar-refractivity contribution in [1.29, 1.82) is 0 Å². The molecule has 0 saturated heterocycles. The predicted octanol–water partition coefficient (Wildman–Crippen LogP) is 3.78. The molecular formula is C21H15N5O. The molecule has 0 radical (unpaired) electrons. The Morgan fingerprint density at radius 3 is 2.59 bits per heavy atom. The van der Waals surface area contributed by atoms with Crippen molar-refractivity contribution in [2.24, 2.45) is 0 Å². The highest BCUT2D eigenvalue weighted by Gasteiger charge is 2.13. The van der Waals surface area contributed by atoms with Crippen LogP contribution in [0.2, 0.25) is 0 Å². The Balaban J connectivity index is 1.73. The van der Waals surface area contributed by atoms with Crippen LogP contribution in [0.1, 0.15) is 0 Å². The van der Waals surface area contributed by atoms with E-state index in [0.29, 0.717) is 16.9 Å². The molecule has 3 heterocycles. The van der Waals surface area contributed by atoms with Crippen LogP contribution in [-0.4, -0.2) is 18.9 Å². The van der Waals surface area contributed by atoms with Gasteiger partial charge in [-0.05, 0) is 30.3 Å². The Bertz CT molecular complexity index is 1320. The molecule has 0 aliphatic heterocycles. The third-order valence-electron chi connectivity index (χ3n) is 4.44. The summed E-state index contributed by atoms with van der Waals surface area (Å²) in [7, 11) is 0. The number of para-hydroxylation sites is 2. The van der Waals surface area contributed by atoms with E-state index in [2.05, 4.69) is 10.3 Å². The number of anilines is 2. The normalized spacial score (nSPS) is 11.1. The third kappa shape index (κ3) is 2.64. The van der Waals surface area contributed by atoms with Crippen molar-refractivity contribution in [3.8, 4) is 5.69 Å². The summed E-state index contributed by atoms with van der Waals surface area (Å²) in [6, 6.07) is 20.7. The van der Waals surface area contributed by atoms with E-state index in [1.165, 1.54) is 0 Å². The van der Waals surface area contributed by atoms with Crippen LogP contribution in [0.25, 0.3) is 22.2 Å². The predicted molar refractivity (Wildman–Crippen MR) is 106 cm³/mol. The third-order valence-corrected chi connectivity index (χ3v) is 4.44. The highest BCUT2D eigenvalue weighted by Crippen LogP contribution is 2.20. The maximum absolute atomic E-state index is 13.2. The van der Waals surface area contributed by atoms with Crippen LogP contribution in [0.3, 0.4) is 0 Å². The molecule has 27 heavy (non-hydrogen) atoms. The van der Waals surface area contributed by atoms with E-state index in [-0.39, 0.29) is 5.56 Å². The summed E-state index contributed by atoms with van der Waals surface area (Å²) in [4.78, 5) is 22.2. The van der Waals surface area contributed by atoms with Gasteiger partial charge in [-0.2, -0.15) is 0 Å². The van der Waals surface area contributed by atoms with Gasteiger partial charge in [0, 0.05) is 30.3 Å². The zero-order valence-corrected chi connectivity index (χ0v) is 14.3. The van der Waals surface area contributed by atoms with Gasteiger partial charge in [0.25, 0.3) is 5.56 Å². The van der Waals surface area contributed by atoms with Gasteiger partial charge in [0.05, 0.1) is 16.6 Å². The highest BCUT2D eigenvalue weighted by atomic mass is 16.1. The minimum atomic E-state index is -0.115. The summed E-state index contributed by atoms with van der Waals surface area (Å²) in [5.74, 6) is 0.459. The monoisotopic (exact) mass is 353 g/mol. The first-order chi connectivity index (χ1) is 13.3. The first kappa shape index (κ1) is 15.3. The maximum atomic E-state index is 13.2. The lowest BCUT2D eigenvalue weighted by Gasteiger charge is -2.15. The minimum Gasteiger partial charge on any atom is -0.325 e. The van der Waals surface area contributed by atoms with Gasteiger partial charge in [0.1, 0.15) is 5.65 Å². The van der Waals surface area contributed by atoms with Gasteiger partial charge in [-0.25, -0.2) is 14.5 Å². The summed E-state index contributed by atoms with van der Waals surface area (Å²) in [5.41, 5.74) is 2.91. The largest absolute Gasteiger partial charge is 0.325 e. The summed E-state index contributed by atoms with van der Waals surface area (Å²) in [5, 5.41) is 3.86. The van der Waals surface area contributed by atoms with E-state index in [0.717, 1.165) is 17.0 Å². The summed E-state index contributed by atoms with van der Waals surface area (Å²) < 4.78 is 3.52. The van der Waals surface area contributed by atoms with Crippen LogP contribution >= 0.6 is 0 Å². The van der Waals surface area contributed by atoms with E-state index in [1.54, 1.807) is 16.8 Å². The molecule has 0 aliphatic carbocycles. The number of aromatic nitrogens is 4. The van der Waals surface area contributed by atoms with Crippen LogP contribution in [0.4, 0.5) is 11.6 Å². The molecule has 0 saturated carbocycles. The van der Waals surface area contributed by atoms with Crippen LogP contribution in [0, 0.1) is 0 Å². The smallest absolute Gasteiger partial charge is 0.267 e. The Kier molecular flexibility index (Phi) is 3.47. The number of pyridine rings is 1. The van der Waals surface area contributed by atoms with Crippen molar-refractivity contribution in [3.63, 3.8) is 0 Å². The number of nitrogens with one attached hydrogen (secondary N) is 1. The van der Waals surface area contributed by atoms with Gasteiger partial charge in [-0.3, -0.25) is 4.79 Å².